The topological polar surface area (TPSA) is 101 Å². The van der Waals surface area contributed by atoms with Crippen molar-refractivity contribution in [3.05, 3.63) is 69.8 Å². The van der Waals surface area contributed by atoms with E-state index in [-0.39, 0.29) is 11.7 Å². The van der Waals surface area contributed by atoms with Gasteiger partial charge in [-0.25, -0.2) is 0 Å². The molecule has 26 heavy (non-hydrogen) atoms. The summed E-state index contributed by atoms with van der Waals surface area (Å²) in [4.78, 5) is 36.0. The third-order valence-corrected chi connectivity index (χ3v) is 4.14. The summed E-state index contributed by atoms with van der Waals surface area (Å²) < 4.78 is 0. The number of phenols is 1. The first-order chi connectivity index (χ1) is 12.5. The van der Waals surface area contributed by atoms with E-state index in [9.17, 15) is 24.8 Å². The Hall–Kier alpha value is -3.48. The Bertz CT molecular complexity index is 920. The lowest BCUT2D eigenvalue weighted by Gasteiger charge is -2.16. The molecule has 2 aromatic carbocycles. The van der Waals surface area contributed by atoms with Crippen molar-refractivity contribution in [2.45, 2.75) is 12.8 Å². The van der Waals surface area contributed by atoms with Crippen molar-refractivity contribution >= 4 is 29.1 Å². The molecule has 1 aliphatic heterocycles. The van der Waals surface area contributed by atoms with Crippen LogP contribution in [0.1, 0.15) is 28.8 Å². The van der Waals surface area contributed by atoms with E-state index in [0.717, 1.165) is 6.42 Å². The normalized spacial score (nSPS) is 14.2. The number of hydrogen-bond acceptors (Lipinski definition) is 5. The van der Waals surface area contributed by atoms with Crippen LogP contribution < -0.4 is 4.90 Å². The van der Waals surface area contributed by atoms with Crippen molar-refractivity contribution in [3.63, 3.8) is 0 Å². The number of benzene rings is 2. The number of ketones is 1. The number of carbonyl (C=O) groups is 2. The van der Waals surface area contributed by atoms with Gasteiger partial charge in [-0.2, -0.15) is 0 Å². The Balaban J connectivity index is 1.80. The standard InChI is InChI=1S/C19H16N2O5/c22-17(8-6-13-7-9-18(23)16(11-13)21(25)26)14-3-1-4-15(12-14)20-10-2-5-19(20)24/h1,3-4,6-9,11-12,23H,2,5,10H2. The van der Waals surface area contributed by atoms with Gasteiger partial charge in [0.1, 0.15) is 0 Å². The van der Waals surface area contributed by atoms with Crippen molar-refractivity contribution in [2.24, 2.45) is 0 Å². The molecule has 0 bridgehead atoms. The molecule has 0 radical (unpaired) electrons. The molecule has 7 heteroatoms. The van der Waals surface area contributed by atoms with Gasteiger partial charge in [0.15, 0.2) is 11.5 Å². The number of aromatic hydroxyl groups is 1. The van der Waals surface area contributed by atoms with Crippen LogP contribution >= 0.6 is 0 Å². The number of anilines is 1. The summed E-state index contributed by atoms with van der Waals surface area (Å²) in [7, 11) is 0. The Kier molecular flexibility index (Phi) is 4.79. The number of carbonyl (C=O) groups excluding carboxylic acids is 2. The Labute approximate surface area is 149 Å². The third kappa shape index (κ3) is 3.61. The first kappa shape index (κ1) is 17.3. The minimum absolute atomic E-state index is 0.0431. The SMILES string of the molecule is O=C(C=Cc1ccc(O)c([N+](=O)[O-])c1)c1cccc(N2CCCC2=O)c1. The van der Waals surface area contributed by atoms with Crippen LogP contribution in [0.3, 0.4) is 0 Å². The van der Waals surface area contributed by atoms with E-state index in [1.54, 1.807) is 29.2 Å². The second-order valence-electron chi connectivity index (χ2n) is 5.90. The van der Waals surface area contributed by atoms with E-state index in [1.807, 2.05) is 0 Å². The maximum absolute atomic E-state index is 12.4. The summed E-state index contributed by atoms with van der Waals surface area (Å²) in [5, 5.41) is 20.3. The van der Waals surface area contributed by atoms with E-state index >= 15 is 0 Å². The monoisotopic (exact) mass is 352 g/mol. The molecule has 0 aromatic heterocycles. The fourth-order valence-corrected chi connectivity index (χ4v) is 2.81. The minimum Gasteiger partial charge on any atom is -0.502 e. The van der Waals surface area contributed by atoms with Crippen LogP contribution in [0.25, 0.3) is 6.08 Å². The number of nitro benzene ring substituents is 1. The van der Waals surface area contributed by atoms with Crippen LogP contribution in [-0.4, -0.2) is 28.3 Å². The number of phenolic OH excluding ortho intramolecular Hbond substituents is 1. The van der Waals surface area contributed by atoms with Crippen LogP contribution in [0.15, 0.2) is 48.5 Å². The summed E-state index contributed by atoms with van der Waals surface area (Å²) in [5.41, 5.74) is 1.11. The zero-order valence-corrected chi connectivity index (χ0v) is 13.8. The lowest BCUT2D eigenvalue weighted by Crippen LogP contribution is -2.23. The molecule has 3 rings (SSSR count). The largest absolute Gasteiger partial charge is 0.502 e. The predicted octanol–water partition coefficient (Wildman–Crippen LogP) is 3.32. The summed E-state index contributed by atoms with van der Waals surface area (Å²) >= 11 is 0. The van der Waals surface area contributed by atoms with Gasteiger partial charge in [-0.15, -0.1) is 0 Å². The van der Waals surface area contributed by atoms with Gasteiger partial charge in [-0.05, 0) is 36.3 Å². The van der Waals surface area contributed by atoms with Gasteiger partial charge in [0.2, 0.25) is 5.91 Å². The Morgan fingerprint density at radius 1 is 1.23 bits per heavy atom. The van der Waals surface area contributed by atoms with Gasteiger partial charge in [0.05, 0.1) is 4.92 Å². The van der Waals surface area contributed by atoms with Gasteiger partial charge in [0, 0.05) is 30.3 Å². The molecule has 1 heterocycles. The lowest BCUT2D eigenvalue weighted by molar-refractivity contribution is -0.385. The fourth-order valence-electron chi connectivity index (χ4n) is 2.81. The fraction of sp³-hybridized carbons (Fsp3) is 0.158. The maximum atomic E-state index is 12.4. The summed E-state index contributed by atoms with van der Waals surface area (Å²) in [6.07, 6.45) is 4.07. The zero-order valence-electron chi connectivity index (χ0n) is 13.8. The van der Waals surface area contributed by atoms with Crippen molar-refractivity contribution in [3.8, 4) is 5.75 Å². The van der Waals surface area contributed by atoms with E-state index < -0.39 is 16.4 Å². The average molecular weight is 352 g/mol. The van der Waals surface area contributed by atoms with Crippen molar-refractivity contribution < 1.29 is 19.6 Å². The second-order valence-corrected chi connectivity index (χ2v) is 5.90. The number of nitrogens with zero attached hydrogens (tertiary/aromatic N) is 2. The molecule has 1 N–H and O–H groups in total. The summed E-state index contributed by atoms with van der Waals surface area (Å²) in [6, 6.07) is 10.7. The van der Waals surface area contributed by atoms with Crippen LogP contribution in [0.2, 0.25) is 0 Å². The molecule has 1 amide bonds. The van der Waals surface area contributed by atoms with Gasteiger partial charge in [-0.3, -0.25) is 19.7 Å². The molecule has 7 nitrogen and oxygen atoms in total. The van der Waals surface area contributed by atoms with E-state index in [0.29, 0.717) is 29.8 Å². The zero-order chi connectivity index (χ0) is 18.7. The number of rotatable bonds is 5. The summed E-state index contributed by atoms with van der Waals surface area (Å²) in [5.74, 6) is -0.669. The van der Waals surface area contributed by atoms with Crippen molar-refractivity contribution in [2.75, 3.05) is 11.4 Å². The highest BCUT2D eigenvalue weighted by molar-refractivity contribution is 6.08. The molecule has 0 spiro atoms. The van der Waals surface area contributed by atoms with Crippen LogP contribution in [0, 0.1) is 10.1 Å². The molecule has 0 saturated carbocycles. The third-order valence-electron chi connectivity index (χ3n) is 4.14. The predicted molar refractivity (Wildman–Crippen MR) is 96.2 cm³/mol. The van der Waals surface area contributed by atoms with E-state index in [2.05, 4.69) is 0 Å². The first-order valence-electron chi connectivity index (χ1n) is 8.06. The molecule has 1 saturated heterocycles. The quantitative estimate of drug-likeness (QED) is 0.385. The van der Waals surface area contributed by atoms with Crippen molar-refractivity contribution in [1.29, 1.82) is 0 Å². The van der Waals surface area contributed by atoms with Crippen LogP contribution in [0.4, 0.5) is 11.4 Å². The summed E-state index contributed by atoms with van der Waals surface area (Å²) in [6.45, 7) is 0.642. The van der Waals surface area contributed by atoms with Gasteiger partial charge >= 0.3 is 5.69 Å². The Morgan fingerprint density at radius 3 is 2.73 bits per heavy atom. The average Bonchev–Trinajstić information content (AvgIpc) is 3.06. The molecule has 0 aliphatic carbocycles. The highest BCUT2D eigenvalue weighted by atomic mass is 16.6. The number of hydrogen-bond donors (Lipinski definition) is 1. The van der Waals surface area contributed by atoms with E-state index in [1.165, 1.54) is 30.4 Å². The highest BCUT2D eigenvalue weighted by Gasteiger charge is 2.22. The first-order valence-corrected chi connectivity index (χ1v) is 8.06. The van der Waals surface area contributed by atoms with E-state index in [4.69, 9.17) is 0 Å². The lowest BCUT2D eigenvalue weighted by atomic mass is 10.1. The number of allylic oxidation sites excluding steroid dienone is 1. The molecule has 2 aromatic rings. The maximum Gasteiger partial charge on any atom is 0.311 e. The second kappa shape index (κ2) is 7.18. The number of amides is 1. The molecule has 132 valence electrons. The molecular weight excluding hydrogens is 336 g/mol. The molecule has 0 atom stereocenters. The van der Waals surface area contributed by atoms with Crippen LogP contribution in [-0.2, 0) is 4.79 Å². The molecule has 0 unspecified atom stereocenters. The number of nitro groups is 1. The van der Waals surface area contributed by atoms with Gasteiger partial charge in [0.25, 0.3) is 0 Å². The molecule has 1 aliphatic rings. The minimum atomic E-state index is -0.689. The van der Waals surface area contributed by atoms with Gasteiger partial charge in [-0.1, -0.05) is 24.3 Å². The van der Waals surface area contributed by atoms with Gasteiger partial charge < -0.3 is 10.0 Å². The molecular formula is C19H16N2O5. The smallest absolute Gasteiger partial charge is 0.311 e. The Morgan fingerprint density at radius 2 is 2.04 bits per heavy atom. The molecule has 1 fully saturated rings. The highest BCUT2D eigenvalue weighted by Crippen LogP contribution is 2.27. The van der Waals surface area contributed by atoms with Crippen molar-refractivity contribution in [1.82, 2.24) is 0 Å². The van der Waals surface area contributed by atoms with Crippen LogP contribution in [0.5, 0.6) is 5.75 Å².